The van der Waals surface area contributed by atoms with E-state index in [0.717, 1.165) is 10.2 Å². The molecule has 2 aromatic heterocycles. The summed E-state index contributed by atoms with van der Waals surface area (Å²) in [6, 6.07) is 13.8. The van der Waals surface area contributed by atoms with Crippen LogP contribution < -0.4 is 5.32 Å². The third kappa shape index (κ3) is 5.32. The Balaban J connectivity index is 1.52. The smallest absolute Gasteiger partial charge is 0.226 e. The van der Waals surface area contributed by atoms with Crippen molar-refractivity contribution in [2.75, 3.05) is 11.1 Å². The minimum Gasteiger partial charge on any atom is -0.310 e. The number of halogens is 1. The third-order valence-electron chi connectivity index (χ3n) is 5.29. The van der Waals surface area contributed by atoms with Gasteiger partial charge in [-0.2, -0.15) is 9.78 Å². The molecule has 0 bridgehead atoms. The quantitative estimate of drug-likeness (QED) is 0.363. The van der Waals surface area contributed by atoms with Crippen molar-refractivity contribution in [2.24, 2.45) is 0 Å². The van der Waals surface area contributed by atoms with Crippen molar-refractivity contribution in [3.8, 4) is 5.13 Å². The largest absolute Gasteiger partial charge is 0.310 e. The Hall–Kier alpha value is -2.75. The van der Waals surface area contributed by atoms with Crippen LogP contribution in [0.3, 0.4) is 0 Å². The molecule has 0 atom stereocenters. The molecule has 178 valence electrons. The highest BCUT2D eigenvalue weighted by Gasteiger charge is 2.20. The van der Waals surface area contributed by atoms with E-state index in [1.165, 1.54) is 41.2 Å². The van der Waals surface area contributed by atoms with E-state index in [0.29, 0.717) is 21.7 Å². The number of fused-ring (bicyclic) bond motifs is 1. The average Bonchev–Trinajstić information content (AvgIpc) is 3.34. The number of carbonyl (C=O) groups is 1. The van der Waals surface area contributed by atoms with Crippen molar-refractivity contribution in [3.63, 3.8) is 0 Å². The first-order valence-corrected chi connectivity index (χ1v) is 13.5. The van der Waals surface area contributed by atoms with Crippen molar-refractivity contribution in [3.05, 3.63) is 64.8 Å². The van der Waals surface area contributed by atoms with E-state index in [-0.39, 0.29) is 22.5 Å². The number of nitrogens with one attached hydrogen (secondary N) is 1. The molecule has 1 amide bonds. The molecule has 0 fully saturated rings. The molecule has 0 saturated heterocycles. The van der Waals surface area contributed by atoms with Crippen LogP contribution in [0.2, 0.25) is 5.02 Å². The first-order chi connectivity index (χ1) is 15.9. The highest BCUT2D eigenvalue weighted by molar-refractivity contribution is 7.91. The van der Waals surface area contributed by atoms with Gasteiger partial charge in [0.2, 0.25) is 11.0 Å². The predicted octanol–water partition coefficient (Wildman–Crippen LogP) is 5.54. The van der Waals surface area contributed by atoms with Gasteiger partial charge in [0.25, 0.3) is 0 Å². The van der Waals surface area contributed by atoms with Crippen LogP contribution in [0.25, 0.3) is 15.3 Å². The Morgan fingerprint density at radius 2 is 1.82 bits per heavy atom. The standard InChI is InChI=1S/C24H25ClN4O3S2/c1-15-13-21(27-22(30)11-12-34(31,32)18-8-6-17(25)7-9-18)29(28-15)23-26-19-10-5-16(24(2,3)4)14-20(19)33-23/h5-10,13-14H,11-12H2,1-4H3,(H,27,30). The molecule has 0 unspecified atom stereocenters. The predicted molar refractivity (Wildman–Crippen MR) is 137 cm³/mol. The number of anilines is 1. The maximum absolute atomic E-state index is 12.6. The van der Waals surface area contributed by atoms with Crippen LogP contribution in [0, 0.1) is 6.92 Å². The van der Waals surface area contributed by atoms with E-state index < -0.39 is 15.7 Å². The highest BCUT2D eigenvalue weighted by atomic mass is 35.5. The molecule has 4 aromatic rings. The molecule has 0 spiro atoms. The summed E-state index contributed by atoms with van der Waals surface area (Å²) in [6.07, 6.45) is -0.191. The molecule has 0 aliphatic carbocycles. The van der Waals surface area contributed by atoms with Gasteiger partial charge in [-0.05, 0) is 54.3 Å². The van der Waals surface area contributed by atoms with E-state index >= 15 is 0 Å². The van der Waals surface area contributed by atoms with Crippen LogP contribution in [-0.2, 0) is 20.0 Å². The minimum absolute atomic E-state index is 0.0200. The van der Waals surface area contributed by atoms with Gasteiger partial charge in [0.1, 0.15) is 5.82 Å². The van der Waals surface area contributed by atoms with E-state index in [4.69, 9.17) is 11.6 Å². The summed E-state index contributed by atoms with van der Waals surface area (Å²) in [5.74, 6) is -0.291. The molecular weight excluding hydrogens is 492 g/mol. The Morgan fingerprint density at radius 3 is 2.50 bits per heavy atom. The molecule has 34 heavy (non-hydrogen) atoms. The fraction of sp³-hybridized carbons (Fsp3) is 0.292. The van der Waals surface area contributed by atoms with Gasteiger partial charge in [0.15, 0.2) is 9.84 Å². The summed E-state index contributed by atoms with van der Waals surface area (Å²) in [6.45, 7) is 8.30. The summed E-state index contributed by atoms with van der Waals surface area (Å²) in [5.41, 5.74) is 2.79. The fourth-order valence-electron chi connectivity index (χ4n) is 3.40. The number of aromatic nitrogens is 3. The fourth-order valence-corrected chi connectivity index (χ4v) is 5.73. The lowest BCUT2D eigenvalue weighted by Gasteiger charge is -2.18. The lowest BCUT2D eigenvalue weighted by atomic mass is 9.87. The molecular formula is C24H25ClN4O3S2. The molecule has 1 N–H and O–H groups in total. The van der Waals surface area contributed by atoms with Crippen molar-refractivity contribution >= 4 is 54.7 Å². The number of rotatable bonds is 6. The van der Waals surface area contributed by atoms with Gasteiger partial charge in [-0.15, -0.1) is 0 Å². The van der Waals surface area contributed by atoms with Gasteiger partial charge in [-0.3, -0.25) is 4.79 Å². The van der Waals surface area contributed by atoms with Crippen molar-refractivity contribution in [1.29, 1.82) is 0 Å². The number of benzene rings is 2. The second-order valence-electron chi connectivity index (χ2n) is 9.08. The summed E-state index contributed by atoms with van der Waals surface area (Å²) in [7, 11) is -3.61. The summed E-state index contributed by atoms with van der Waals surface area (Å²) in [5, 5.41) is 8.34. The lowest BCUT2D eigenvalue weighted by molar-refractivity contribution is -0.115. The molecule has 0 radical (unpaired) electrons. The number of carbonyl (C=O) groups excluding carboxylic acids is 1. The number of hydrogen-bond donors (Lipinski definition) is 1. The average molecular weight is 517 g/mol. The molecule has 7 nitrogen and oxygen atoms in total. The molecule has 10 heteroatoms. The zero-order valence-electron chi connectivity index (χ0n) is 19.3. The number of aryl methyl sites for hydroxylation is 1. The molecule has 0 aliphatic rings. The van der Waals surface area contributed by atoms with Crippen LogP contribution in [0.15, 0.2) is 53.4 Å². The zero-order chi connectivity index (χ0) is 24.7. The lowest BCUT2D eigenvalue weighted by Crippen LogP contribution is -2.19. The molecule has 2 aromatic carbocycles. The molecule has 0 saturated carbocycles. The topological polar surface area (TPSA) is 94.0 Å². The summed E-state index contributed by atoms with van der Waals surface area (Å²) >= 11 is 7.31. The van der Waals surface area contributed by atoms with Gasteiger partial charge in [0.05, 0.1) is 26.6 Å². The van der Waals surface area contributed by atoms with Crippen LogP contribution in [0.5, 0.6) is 0 Å². The Labute approximate surface area is 207 Å². The Bertz CT molecular complexity index is 1470. The number of sulfone groups is 1. The summed E-state index contributed by atoms with van der Waals surface area (Å²) in [4.78, 5) is 17.4. The van der Waals surface area contributed by atoms with Crippen LogP contribution in [0.1, 0.15) is 38.4 Å². The second kappa shape index (κ2) is 9.13. The van der Waals surface area contributed by atoms with Gasteiger partial charge in [-0.25, -0.2) is 13.4 Å². The van der Waals surface area contributed by atoms with E-state index in [1.807, 2.05) is 13.0 Å². The van der Waals surface area contributed by atoms with Crippen molar-refractivity contribution in [1.82, 2.24) is 14.8 Å². The maximum atomic E-state index is 12.6. The van der Waals surface area contributed by atoms with Crippen LogP contribution in [0.4, 0.5) is 5.82 Å². The third-order valence-corrected chi connectivity index (χ3v) is 8.27. The number of hydrogen-bond acceptors (Lipinski definition) is 6. The van der Waals surface area contributed by atoms with Gasteiger partial charge >= 0.3 is 0 Å². The number of nitrogens with zero attached hydrogens (tertiary/aromatic N) is 3. The van der Waals surface area contributed by atoms with Gasteiger partial charge < -0.3 is 5.32 Å². The zero-order valence-corrected chi connectivity index (χ0v) is 21.7. The first kappa shape index (κ1) is 24.4. The van der Waals surface area contributed by atoms with E-state index in [9.17, 15) is 13.2 Å². The number of amides is 1. The SMILES string of the molecule is Cc1cc(NC(=O)CCS(=O)(=O)c2ccc(Cl)cc2)n(-c2nc3ccc(C(C)(C)C)cc3s2)n1. The number of thiazole rings is 1. The maximum Gasteiger partial charge on any atom is 0.226 e. The highest BCUT2D eigenvalue weighted by Crippen LogP contribution is 2.31. The normalized spacial score (nSPS) is 12.3. The van der Waals surface area contributed by atoms with E-state index in [1.54, 1.807) is 10.7 Å². The Morgan fingerprint density at radius 1 is 1.12 bits per heavy atom. The molecule has 4 rings (SSSR count). The van der Waals surface area contributed by atoms with Crippen LogP contribution in [-0.4, -0.2) is 34.8 Å². The monoisotopic (exact) mass is 516 g/mol. The second-order valence-corrected chi connectivity index (χ2v) is 12.6. The van der Waals surface area contributed by atoms with Gasteiger partial charge in [-0.1, -0.05) is 49.8 Å². The minimum atomic E-state index is -3.61. The summed E-state index contributed by atoms with van der Waals surface area (Å²) < 4.78 is 27.7. The molecule has 2 heterocycles. The molecule has 0 aliphatic heterocycles. The first-order valence-electron chi connectivity index (χ1n) is 10.7. The van der Waals surface area contributed by atoms with E-state index in [2.05, 4.69) is 48.3 Å². The van der Waals surface area contributed by atoms with Gasteiger partial charge in [0, 0.05) is 17.5 Å². The van der Waals surface area contributed by atoms with Crippen molar-refractivity contribution < 1.29 is 13.2 Å². The van der Waals surface area contributed by atoms with Crippen molar-refractivity contribution in [2.45, 2.75) is 44.4 Å². The Kier molecular flexibility index (Phi) is 6.54. The van der Waals surface area contributed by atoms with Crippen LogP contribution >= 0.6 is 22.9 Å².